The molecular formula is C14H22N4O2. The third kappa shape index (κ3) is 2.23. The SMILES string of the molecule is CN(C)C(=O)[C@@H]1CN(Cc2ccnn2C)[C@H]2CCO[C@@H]12. The van der Waals surface area contributed by atoms with Gasteiger partial charge in [-0.15, -0.1) is 0 Å². The first-order valence-corrected chi connectivity index (χ1v) is 7.11. The highest BCUT2D eigenvalue weighted by Crippen LogP contribution is 2.35. The first kappa shape index (κ1) is 13.6. The summed E-state index contributed by atoms with van der Waals surface area (Å²) in [7, 11) is 5.59. The molecule has 1 amide bonds. The van der Waals surface area contributed by atoms with Crippen LogP contribution in [0.1, 0.15) is 12.1 Å². The number of rotatable bonds is 3. The summed E-state index contributed by atoms with van der Waals surface area (Å²) in [5.74, 6) is 0.139. The lowest BCUT2D eigenvalue weighted by Crippen LogP contribution is -2.37. The van der Waals surface area contributed by atoms with E-state index in [1.54, 1.807) is 4.90 Å². The summed E-state index contributed by atoms with van der Waals surface area (Å²) in [5.41, 5.74) is 1.17. The van der Waals surface area contributed by atoms with Crippen LogP contribution in [0.25, 0.3) is 0 Å². The number of nitrogens with zero attached hydrogens (tertiary/aromatic N) is 4. The average Bonchev–Trinajstić information content (AvgIpc) is 3.08. The van der Waals surface area contributed by atoms with Crippen molar-refractivity contribution in [1.82, 2.24) is 19.6 Å². The topological polar surface area (TPSA) is 50.6 Å². The molecule has 0 radical (unpaired) electrons. The Morgan fingerprint density at radius 1 is 1.55 bits per heavy atom. The van der Waals surface area contributed by atoms with Crippen LogP contribution in [0.5, 0.6) is 0 Å². The number of hydrogen-bond donors (Lipinski definition) is 0. The first-order chi connectivity index (χ1) is 9.58. The predicted molar refractivity (Wildman–Crippen MR) is 73.9 cm³/mol. The lowest BCUT2D eigenvalue weighted by molar-refractivity contribution is -0.135. The summed E-state index contributed by atoms with van der Waals surface area (Å²) in [5, 5.41) is 4.21. The largest absolute Gasteiger partial charge is 0.376 e. The van der Waals surface area contributed by atoms with E-state index in [9.17, 15) is 4.79 Å². The van der Waals surface area contributed by atoms with Gasteiger partial charge in [0.15, 0.2) is 0 Å². The Hall–Kier alpha value is -1.40. The molecule has 110 valence electrons. The quantitative estimate of drug-likeness (QED) is 0.787. The summed E-state index contributed by atoms with van der Waals surface area (Å²) in [6.07, 6.45) is 2.88. The number of carbonyl (C=O) groups is 1. The summed E-state index contributed by atoms with van der Waals surface area (Å²) in [6.45, 7) is 2.37. The molecule has 6 nitrogen and oxygen atoms in total. The number of aryl methyl sites for hydroxylation is 1. The maximum atomic E-state index is 12.3. The molecule has 2 aliphatic heterocycles. The smallest absolute Gasteiger partial charge is 0.229 e. The van der Waals surface area contributed by atoms with E-state index in [1.165, 1.54) is 5.69 Å². The Morgan fingerprint density at radius 2 is 2.35 bits per heavy atom. The standard InChI is InChI=1S/C14H22N4O2/c1-16(2)14(19)11-9-18(12-5-7-20-13(11)12)8-10-4-6-15-17(10)3/h4,6,11-13H,5,7-9H2,1-3H3/t11-,12+,13+/m1/s1. The number of fused-ring (bicyclic) bond motifs is 1. The molecule has 0 spiro atoms. The van der Waals surface area contributed by atoms with Crippen molar-refractivity contribution in [3.8, 4) is 0 Å². The van der Waals surface area contributed by atoms with Gasteiger partial charge in [-0.25, -0.2) is 0 Å². The van der Waals surface area contributed by atoms with E-state index >= 15 is 0 Å². The molecule has 0 aromatic carbocycles. The fourth-order valence-corrected chi connectivity index (χ4v) is 3.36. The van der Waals surface area contributed by atoms with Crippen LogP contribution in [-0.4, -0.2) is 64.9 Å². The molecule has 0 N–H and O–H groups in total. The van der Waals surface area contributed by atoms with Crippen LogP contribution in [0.15, 0.2) is 12.3 Å². The highest BCUT2D eigenvalue weighted by atomic mass is 16.5. The fourth-order valence-electron chi connectivity index (χ4n) is 3.36. The molecule has 0 unspecified atom stereocenters. The van der Waals surface area contributed by atoms with Crippen LogP contribution < -0.4 is 0 Å². The Morgan fingerprint density at radius 3 is 3.00 bits per heavy atom. The van der Waals surface area contributed by atoms with Crippen LogP contribution in [0.2, 0.25) is 0 Å². The van der Waals surface area contributed by atoms with Crippen molar-refractivity contribution in [3.05, 3.63) is 18.0 Å². The highest BCUT2D eigenvalue weighted by molar-refractivity contribution is 5.79. The van der Waals surface area contributed by atoms with Crippen molar-refractivity contribution < 1.29 is 9.53 Å². The molecule has 1 aromatic rings. The zero-order valence-electron chi connectivity index (χ0n) is 12.3. The van der Waals surface area contributed by atoms with Crippen molar-refractivity contribution in [2.24, 2.45) is 13.0 Å². The fraction of sp³-hybridized carbons (Fsp3) is 0.714. The maximum absolute atomic E-state index is 12.3. The molecule has 3 atom stereocenters. The molecule has 0 aliphatic carbocycles. The zero-order chi connectivity index (χ0) is 14.3. The minimum Gasteiger partial charge on any atom is -0.376 e. The minimum absolute atomic E-state index is 0.0364. The second-order valence-electron chi connectivity index (χ2n) is 5.91. The number of likely N-dealkylation sites (tertiary alicyclic amines) is 1. The Balaban J connectivity index is 1.76. The van der Waals surface area contributed by atoms with E-state index < -0.39 is 0 Å². The van der Waals surface area contributed by atoms with Crippen LogP contribution in [0.3, 0.4) is 0 Å². The van der Waals surface area contributed by atoms with Crippen molar-refractivity contribution in [1.29, 1.82) is 0 Å². The molecule has 20 heavy (non-hydrogen) atoms. The maximum Gasteiger partial charge on any atom is 0.229 e. The lowest BCUT2D eigenvalue weighted by Gasteiger charge is -2.21. The molecule has 2 saturated heterocycles. The number of carbonyl (C=O) groups excluding carboxylic acids is 1. The number of hydrogen-bond acceptors (Lipinski definition) is 4. The van der Waals surface area contributed by atoms with Gasteiger partial charge in [0.25, 0.3) is 0 Å². The van der Waals surface area contributed by atoms with Crippen molar-refractivity contribution in [2.45, 2.75) is 25.1 Å². The number of ether oxygens (including phenoxy) is 1. The highest BCUT2D eigenvalue weighted by Gasteiger charge is 2.48. The third-order valence-corrected chi connectivity index (χ3v) is 4.45. The Bertz CT molecular complexity index is 499. The molecule has 3 heterocycles. The van der Waals surface area contributed by atoms with Gasteiger partial charge < -0.3 is 9.64 Å². The van der Waals surface area contributed by atoms with Crippen molar-refractivity contribution in [2.75, 3.05) is 27.2 Å². The summed E-state index contributed by atoms with van der Waals surface area (Å²) in [4.78, 5) is 16.4. The summed E-state index contributed by atoms with van der Waals surface area (Å²) < 4.78 is 7.72. The van der Waals surface area contributed by atoms with Gasteiger partial charge >= 0.3 is 0 Å². The van der Waals surface area contributed by atoms with Gasteiger partial charge in [0.2, 0.25) is 5.91 Å². The molecular weight excluding hydrogens is 256 g/mol. The molecule has 0 bridgehead atoms. The molecule has 0 saturated carbocycles. The second-order valence-corrected chi connectivity index (χ2v) is 5.91. The Kier molecular flexibility index (Phi) is 3.52. The van der Waals surface area contributed by atoms with Crippen LogP contribution in [0, 0.1) is 5.92 Å². The van der Waals surface area contributed by atoms with Crippen LogP contribution in [-0.2, 0) is 23.1 Å². The molecule has 6 heteroatoms. The van der Waals surface area contributed by atoms with E-state index in [-0.39, 0.29) is 17.9 Å². The van der Waals surface area contributed by atoms with Crippen molar-refractivity contribution >= 4 is 5.91 Å². The average molecular weight is 278 g/mol. The van der Waals surface area contributed by atoms with Gasteiger partial charge in [-0.05, 0) is 12.5 Å². The monoisotopic (exact) mass is 278 g/mol. The molecule has 1 aromatic heterocycles. The minimum atomic E-state index is -0.0364. The Labute approximate surface area is 119 Å². The lowest BCUT2D eigenvalue weighted by atomic mass is 10.0. The predicted octanol–water partition coefficient (Wildman–Crippen LogP) is 0.0976. The van der Waals surface area contributed by atoms with E-state index in [1.807, 2.05) is 38.1 Å². The van der Waals surface area contributed by atoms with Gasteiger partial charge in [-0.2, -0.15) is 5.10 Å². The second kappa shape index (κ2) is 5.18. The van der Waals surface area contributed by atoms with E-state index in [0.29, 0.717) is 6.04 Å². The van der Waals surface area contributed by atoms with Crippen molar-refractivity contribution in [3.63, 3.8) is 0 Å². The molecule has 2 fully saturated rings. The van der Waals surface area contributed by atoms with Gasteiger partial charge in [0, 0.05) is 53.1 Å². The number of aromatic nitrogens is 2. The van der Waals surface area contributed by atoms with Crippen LogP contribution in [0.4, 0.5) is 0 Å². The van der Waals surface area contributed by atoms with Gasteiger partial charge in [0.05, 0.1) is 17.7 Å². The number of amides is 1. The summed E-state index contributed by atoms with van der Waals surface area (Å²) in [6, 6.07) is 2.39. The van der Waals surface area contributed by atoms with Gasteiger partial charge in [0.1, 0.15) is 0 Å². The van der Waals surface area contributed by atoms with E-state index in [0.717, 1.165) is 26.1 Å². The van der Waals surface area contributed by atoms with Gasteiger partial charge in [-0.1, -0.05) is 0 Å². The molecule has 3 rings (SSSR count). The zero-order valence-corrected chi connectivity index (χ0v) is 12.3. The first-order valence-electron chi connectivity index (χ1n) is 7.11. The third-order valence-electron chi connectivity index (χ3n) is 4.45. The summed E-state index contributed by atoms with van der Waals surface area (Å²) >= 11 is 0. The normalized spacial score (nSPS) is 29.6. The van der Waals surface area contributed by atoms with E-state index in [2.05, 4.69) is 10.00 Å². The van der Waals surface area contributed by atoms with E-state index in [4.69, 9.17) is 4.74 Å². The van der Waals surface area contributed by atoms with Gasteiger partial charge in [-0.3, -0.25) is 14.4 Å². The molecule has 2 aliphatic rings. The van der Waals surface area contributed by atoms with Crippen LogP contribution >= 0.6 is 0 Å².